The smallest absolute Gasteiger partial charge is 0.345 e. The maximum Gasteiger partial charge on any atom is 0.345 e. The highest BCUT2D eigenvalue weighted by Crippen LogP contribution is 2.31. The van der Waals surface area contributed by atoms with E-state index in [1.54, 1.807) is 0 Å². The molecule has 2 heterocycles. The Hall–Kier alpha value is -0.920. The molecule has 0 saturated heterocycles. The summed E-state index contributed by atoms with van der Waals surface area (Å²) in [7, 11) is -3.41. The highest BCUT2D eigenvalue weighted by atomic mass is 32.2. The van der Waals surface area contributed by atoms with Crippen LogP contribution in [0.3, 0.4) is 0 Å². The fraction of sp³-hybridized carbons (Fsp3) is 0.167. The molecule has 0 spiro atoms. The molecule has 0 aromatic carbocycles. The van der Waals surface area contributed by atoms with Crippen molar-refractivity contribution in [2.24, 2.45) is 0 Å². The lowest BCUT2D eigenvalue weighted by Gasteiger charge is -1.90. The molecule has 0 fully saturated rings. The first-order valence-electron chi connectivity index (χ1n) is 3.36. The van der Waals surface area contributed by atoms with Crippen LogP contribution >= 0.6 is 11.3 Å². The van der Waals surface area contributed by atoms with E-state index in [4.69, 9.17) is 5.11 Å². The van der Waals surface area contributed by atoms with Crippen LogP contribution in [0, 0.1) is 0 Å². The van der Waals surface area contributed by atoms with Gasteiger partial charge in [-0.25, -0.2) is 17.9 Å². The van der Waals surface area contributed by atoms with Gasteiger partial charge in [-0.3, -0.25) is 0 Å². The van der Waals surface area contributed by atoms with Crippen molar-refractivity contribution in [2.75, 3.05) is 0 Å². The van der Waals surface area contributed by atoms with E-state index in [9.17, 15) is 13.2 Å². The van der Waals surface area contributed by atoms with Crippen LogP contribution in [0.5, 0.6) is 0 Å². The van der Waals surface area contributed by atoms with Crippen LogP contribution in [-0.4, -0.2) is 19.5 Å². The molecule has 7 heteroatoms. The summed E-state index contributed by atoms with van der Waals surface area (Å²) in [4.78, 5) is 10.6. The highest BCUT2D eigenvalue weighted by molar-refractivity contribution is 7.92. The molecule has 1 aliphatic heterocycles. The average molecular weight is 219 g/mol. The van der Waals surface area contributed by atoms with Gasteiger partial charge < -0.3 is 5.11 Å². The van der Waals surface area contributed by atoms with Gasteiger partial charge in [0.15, 0.2) is 0 Å². The molecule has 1 aliphatic rings. The maximum atomic E-state index is 11.2. The van der Waals surface area contributed by atoms with Gasteiger partial charge in [-0.05, 0) is 11.6 Å². The molecule has 0 atom stereocenters. The maximum absolute atomic E-state index is 11.2. The van der Waals surface area contributed by atoms with E-state index in [1.807, 2.05) is 0 Å². The third kappa shape index (κ3) is 1.25. The minimum Gasteiger partial charge on any atom is -0.477 e. The molecular weight excluding hydrogens is 214 g/mol. The number of carbonyl (C=O) groups is 1. The summed E-state index contributed by atoms with van der Waals surface area (Å²) in [6.45, 7) is 0.196. The zero-order valence-corrected chi connectivity index (χ0v) is 7.91. The van der Waals surface area contributed by atoms with Crippen molar-refractivity contribution < 1.29 is 18.3 Å². The first-order chi connectivity index (χ1) is 6.00. The van der Waals surface area contributed by atoms with E-state index in [0.717, 1.165) is 11.3 Å². The number of aromatic carboxylic acids is 1. The third-order valence-electron chi connectivity index (χ3n) is 1.68. The van der Waals surface area contributed by atoms with E-state index in [1.165, 1.54) is 6.07 Å². The number of fused-ring (bicyclic) bond motifs is 1. The Morgan fingerprint density at radius 3 is 2.85 bits per heavy atom. The Bertz CT molecular complexity index is 473. The fourth-order valence-corrected chi connectivity index (χ4v) is 3.69. The summed E-state index contributed by atoms with van der Waals surface area (Å²) >= 11 is 0.787. The Kier molecular flexibility index (Phi) is 1.69. The van der Waals surface area contributed by atoms with Gasteiger partial charge in [0.25, 0.3) is 10.0 Å². The quantitative estimate of drug-likeness (QED) is 0.708. The number of hydrogen-bond donors (Lipinski definition) is 2. The van der Waals surface area contributed by atoms with Crippen molar-refractivity contribution in [3.63, 3.8) is 0 Å². The van der Waals surface area contributed by atoms with Gasteiger partial charge in [0.05, 0.1) is 0 Å². The van der Waals surface area contributed by atoms with Crippen LogP contribution in [0.25, 0.3) is 0 Å². The molecule has 13 heavy (non-hydrogen) atoms. The molecule has 1 aromatic heterocycles. The number of carboxylic acids is 1. The van der Waals surface area contributed by atoms with Crippen LogP contribution in [0.15, 0.2) is 10.3 Å². The predicted molar refractivity (Wildman–Crippen MR) is 45.3 cm³/mol. The van der Waals surface area contributed by atoms with Gasteiger partial charge in [0.2, 0.25) is 0 Å². The lowest BCUT2D eigenvalue weighted by atomic mass is 10.3. The number of thiophene rings is 1. The Morgan fingerprint density at radius 1 is 1.62 bits per heavy atom. The lowest BCUT2D eigenvalue weighted by molar-refractivity contribution is 0.0702. The number of rotatable bonds is 1. The molecule has 0 aliphatic carbocycles. The summed E-state index contributed by atoms with van der Waals surface area (Å²) in [6.07, 6.45) is 0. The van der Waals surface area contributed by atoms with Crippen LogP contribution in [-0.2, 0) is 16.6 Å². The molecular formula is C6H5NO4S2. The normalized spacial score (nSPS) is 18.5. The van der Waals surface area contributed by atoms with E-state index in [2.05, 4.69) is 4.72 Å². The first kappa shape index (κ1) is 8.67. The van der Waals surface area contributed by atoms with Gasteiger partial charge in [0.1, 0.15) is 9.09 Å². The van der Waals surface area contributed by atoms with E-state index >= 15 is 0 Å². The van der Waals surface area contributed by atoms with E-state index in [-0.39, 0.29) is 15.6 Å². The highest BCUT2D eigenvalue weighted by Gasteiger charge is 2.29. The standard InChI is InChI=1S/C6H5NO4S2/c8-5(9)4-1-3-2-7-13(10,11)6(3)12-4/h1,7H,2H2,(H,8,9). The molecule has 0 unspecified atom stereocenters. The van der Waals surface area contributed by atoms with Gasteiger partial charge >= 0.3 is 5.97 Å². The van der Waals surface area contributed by atoms with Crippen LogP contribution < -0.4 is 4.72 Å². The average Bonchev–Trinajstić information content (AvgIpc) is 2.53. The lowest BCUT2D eigenvalue weighted by Crippen LogP contribution is -2.13. The SMILES string of the molecule is O=C(O)c1cc2c(s1)S(=O)(=O)NC2. The van der Waals surface area contributed by atoms with Crippen LogP contribution in [0.4, 0.5) is 0 Å². The molecule has 0 saturated carbocycles. The first-order valence-corrected chi connectivity index (χ1v) is 5.66. The van der Waals surface area contributed by atoms with Crippen molar-refractivity contribution in [1.82, 2.24) is 4.72 Å². The fourth-order valence-electron chi connectivity index (χ4n) is 1.11. The predicted octanol–water partition coefficient (Wildman–Crippen LogP) is 0.238. The van der Waals surface area contributed by atoms with E-state index < -0.39 is 16.0 Å². The monoisotopic (exact) mass is 219 g/mol. The largest absolute Gasteiger partial charge is 0.477 e. The molecule has 5 nitrogen and oxygen atoms in total. The molecule has 2 rings (SSSR count). The Labute approximate surface area is 78.1 Å². The number of sulfonamides is 1. The molecule has 70 valence electrons. The molecule has 0 amide bonds. The van der Waals surface area contributed by atoms with Gasteiger partial charge in [0, 0.05) is 6.54 Å². The summed E-state index contributed by atoms with van der Waals surface area (Å²) in [6, 6.07) is 1.39. The zero-order valence-electron chi connectivity index (χ0n) is 6.27. The molecule has 0 radical (unpaired) electrons. The van der Waals surface area contributed by atoms with Gasteiger partial charge in [-0.15, -0.1) is 11.3 Å². The van der Waals surface area contributed by atoms with Gasteiger partial charge in [-0.2, -0.15) is 0 Å². The number of carboxylic acid groups (broad SMARTS) is 1. The summed E-state index contributed by atoms with van der Waals surface area (Å²) < 4.78 is 24.8. The number of nitrogens with one attached hydrogen (secondary N) is 1. The minimum atomic E-state index is -3.41. The second kappa shape index (κ2) is 2.53. The second-order valence-corrected chi connectivity index (χ2v) is 5.57. The molecule has 2 N–H and O–H groups in total. The zero-order chi connectivity index (χ0) is 9.64. The molecule has 1 aromatic rings. The minimum absolute atomic E-state index is 0.0649. The van der Waals surface area contributed by atoms with Crippen molar-refractivity contribution in [2.45, 2.75) is 10.8 Å². The Morgan fingerprint density at radius 2 is 2.31 bits per heavy atom. The van der Waals surface area contributed by atoms with Crippen LogP contribution in [0.2, 0.25) is 0 Å². The van der Waals surface area contributed by atoms with E-state index in [0.29, 0.717) is 5.56 Å². The number of hydrogen-bond acceptors (Lipinski definition) is 4. The van der Waals surface area contributed by atoms with Crippen molar-refractivity contribution in [1.29, 1.82) is 0 Å². The molecule has 0 bridgehead atoms. The summed E-state index contributed by atoms with van der Waals surface area (Å²) in [5, 5.41) is 8.61. The van der Waals surface area contributed by atoms with Gasteiger partial charge in [-0.1, -0.05) is 0 Å². The van der Waals surface area contributed by atoms with Crippen molar-refractivity contribution in [3.05, 3.63) is 16.5 Å². The van der Waals surface area contributed by atoms with Crippen molar-refractivity contribution in [3.8, 4) is 0 Å². The third-order valence-corrected chi connectivity index (χ3v) is 4.82. The topological polar surface area (TPSA) is 83.5 Å². The summed E-state index contributed by atoms with van der Waals surface area (Å²) in [5.74, 6) is -1.09. The Balaban J connectivity index is 2.61. The second-order valence-electron chi connectivity index (χ2n) is 2.55. The van der Waals surface area contributed by atoms with Crippen molar-refractivity contribution >= 4 is 27.3 Å². The van der Waals surface area contributed by atoms with Crippen LogP contribution in [0.1, 0.15) is 15.2 Å². The summed E-state index contributed by atoms with van der Waals surface area (Å²) in [5.41, 5.74) is 0.544.